The summed E-state index contributed by atoms with van der Waals surface area (Å²) in [5.74, 6) is 0. The van der Waals surface area contributed by atoms with E-state index < -0.39 is 0 Å². The molecule has 2 heteroatoms. The van der Waals surface area contributed by atoms with Gasteiger partial charge < -0.3 is 0 Å². The Morgan fingerprint density at radius 2 is 1.85 bits per heavy atom. The maximum atomic E-state index is 9.96. The molecule has 0 aromatic rings. The third kappa shape index (κ3) is 6.53. The quantitative estimate of drug-likeness (QED) is 0.450. The summed E-state index contributed by atoms with van der Waals surface area (Å²) in [6.45, 7) is 0. The van der Waals surface area contributed by atoms with Crippen molar-refractivity contribution in [2.75, 3.05) is 0 Å². The van der Waals surface area contributed by atoms with Crippen molar-refractivity contribution in [2.24, 2.45) is 4.99 Å². The fourth-order valence-corrected chi connectivity index (χ4v) is 1.46. The fourth-order valence-electron chi connectivity index (χ4n) is 1.46. The van der Waals surface area contributed by atoms with E-state index in [4.69, 9.17) is 0 Å². The molecule has 1 rings (SSSR count). The second-order valence-corrected chi connectivity index (χ2v) is 3.02. The van der Waals surface area contributed by atoms with Crippen LogP contribution in [0.25, 0.3) is 0 Å². The van der Waals surface area contributed by atoms with Gasteiger partial charge in [-0.3, -0.25) is 0 Å². The van der Waals surface area contributed by atoms with Crippen LogP contribution in [0.1, 0.15) is 38.5 Å². The largest absolute Gasteiger partial charge is 0.235 e. The number of carbonyl (C=O) groups excluding carboxylic acids is 1. The number of aliphatic imine (C=N–C) groups is 1. The highest BCUT2D eigenvalue weighted by atomic mass is 16.1. The maximum absolute atomic E-state index is 9.96. The van der Waals surface area contributed by atoms with E-state index in [9.17, 15) is 4.79 Å². The lowest BCUT2D eigenvalue weighted by atomic mass is 9.97. The van der Waals surface area contributed by atoms with Crippen LogP contribution in [0.5, 0.6) is 0 Å². The van der Waals surface area contributed by atoms with Crippen molar-refractivity contribution in [2.45, 2.75) is 44.6 Å². The van der Waals surface area contributed by atoms with Gasteiger partial charge in [0, 0.05) is 0 Å². The van der Waals surface area contributed by atoms with Crippen LogP contribution in [-0.4, -0.2) is 12.1 Å². The summed E-state index contributed by atoms with van der Waals surface area (Å²) in [5.41, 5.74) is 0. The standard InChI is InChI=1S/C9H14NO.2CH2/c11-8-10-9-6-4-2-1-3-5-7-9;;/h6,9H,1-5,7H2;2*1H2. The third-order valence-electron chi connectivity index (χ3n) is 2.11. The molecule has 1 saturated carbocycles. The molecule has 0 N–H and O–H groups in total. The van der Waals surface area contributed by atoms with E-state index >= 15 is 0 Å². The van der Waals surface area contributed by atoms with Crippen LogP contribution in [0.3, 0.4) is 0 Å². The predicted octanol–water partition coefficient (Wildman–Crippen LogP) is 2.90. The van der Waals surface area contributed by atoms with Gasteiger partial charge in [-0.2, -0.15) is 0 Å². The topological polar surface area (TPSA) is 29.4 Å². The molecule has 0 aliphatic heterocycles. The fraction of sp³-hybridized carbons (Fsp3) is 0.636. The number of hydrogen-bond donors (Lipinski definition) is 0. The van der Waals surface area contributed by atoms with Gasteiger partial charge in [0.15, 0.2) is 0 Å². The maximum Gasteiger partial charge on any atom is 0.235 e. The highest BCUT2D eigenvalue weighted by molar-refractivity contribution is 5.34. The van der Waals surface area contributed by atoms with Gasteiger partial charge >= 0.3 is 0 Å². The first kappa shape index (κ1) is 14.9. The van der Waals surface area contributed by atoms with Crippen LogP contribution in [0, 0.1) is 21.3 Å². The Labute approximate surface area is 82.5 Å². The van der Waals surface area contributed by atoms with Crippen molar-refractivity contribution in [1.82, 2.24) is 0 Å². The molecule has 0 amide bonds. The Hall–Kier alpha value is -0.620. The molecule has 1 atom stereocenters. The molecule has 0 spiro atoms. The lowest BCUT2D eigenvalue weighted by molar-refractivity contribution is 0.514. The van der Waals surface area contributed by atoms with Crippen LogP contribution in [-0.2, 0) is 4.79 Å². The summed E-state index contributed by atoms with van der Waals surface area (Å²) in [7, 11) is 0. The molecule has 2 nitrogen and oxygen atoms in total. The van der Waals surface area contributed by atoms with Gasteiger partial charge in [-0.1, -0.05) is 40.5 Å². The summed E-state index contributed by atoms with van der Waals surface area (Å²) in [6.07, 6.45) is 11.0. The van der Waals surface area contributed by atoms with Crippen LogP contribution in [0.2, 0.25) is 0 Å². The summed E-state index contributed by atoms with van der Waals surface area (Å²) in [6, 6.07) is 0.160. The minimum atomic E-state index is 0. The molecule has 73 valence electrons. The zero-order valence-corrected chi connectivity index (χ0v) is 8.17. The van der Waals surface area contributed by atoms with E-state index in [0.717, 1.165) is 12.8 Å². The SMILES string of the molecule is O=C=NC1[CH]CCCCCC1.[CH2].[CH2]. The van der Waals surface area contributed by atoms with Crippen molar-refractivity contribution in [3.63, 3.8) is 0 Å². The molecule has 1 aliphatic carbocycles. The average molecular weight is 180 g/mol. The molecule has 0 aromatic heterocycles. The number of rotatable bonds is 1. The first-order valence-electron chi connectivity index (χ1n) is 4.34. The van der Waals surface area contributed by atoms with E-state index in [1.54, 1.807) is 6.08 Å². The van der Waals surface area contributed by atoms with Gasteiger partial charge in [-0.05, 0) is 19.3 Å². The Morgan fingerprint density at radius 1 is 1.15 bits per heavy atom. The van der Waals surface area contributed by atoms with E-state index in [2.05, 4.69) is 11.4 Å². The molecule has 1 fully saturated rings. The Bertz CT molecular complexity index is 142. The minimum absolute atomic E-state index is 0. The monoisotopic (exact) mass is 180 g/mol. The Kier molecular flexibility index (Phi) is 10.8. The van der Waals surface area contributed by atoms with Gasteiger partial charge in [-0.15, -0.1) is 0 Å². The lowest BCUT2D eigenvalue weighted by Crippen LogP contribution is -2.07. The third-order valence-corrected chi connectivity index (χ3v) is 2.11. The molecule has 0 saturated heterocycles. The lowest BCUT2D eigenvalue weighted by Gasteiger charge is -2.12. The smallest absolute Gasteiger partial charge is 0.211 e. The summed E-state index contributed by atoms with van der Waals surface area (Å²) < 4.78 is 0. The Morgan fingerprint density at radius 3 is 2.54 bits per heavy atom. The average Bonchev–Trinajstić information content (AvgIpc) is 1.94. The van der Waals surface area contributed by atoms with E-state index in [0.29, 0.717) is 0 Å². The van der Waals surface area contributed by atoms with Crippen LogP contribution >= 0.6 is 0 Å². The van der Waals surface area contributed by atoms with Crippen LogP contribution < -0.4 is 0 Å². The van der Waals surface area contributed by atoms with Crippen molar-refractivity contribution >= 4 is 6.08 Å². The summed E-state index contributed by atoms with van der Waals surface area (Å²) >= 11 is 0. The van der Waals surface area contributed by atoms with Gasteiger partial charge in [0.1, 0.15) is 0 Å². The van der Waals surface area contributed by atoms with Crippen molar-refractivity contribution in [3.05, 3.63) is 21.3 Å². The summed E-state index contributed by atoms with van der Waals surface area (Å²) in [4.78, 5) is 13.7. The normalized spacial score (nSPS) is 18.2. The molecule has 1 aliphatic rings. The highest BCUT2D eigenvalue weighted by Gasteiger charge is 2.09. The van der Waals surface area contributed by atoms with Gasteiger partial charge in [0.05, 0.1) is 6.04 Å². The van der Waals surface area contributed by atoms with E-state index in [-0.39, 0.29) is 20.9 Å². The predicted molar refractivity (Wildman–Crippen MR) is 54.6 cm³/mol. The molecule has 0 aromatic carbocycles. The van der Waals surface area contributed by atoms with E-state index in [1.807, 2.05) is 0 Å². The summed E-state index contributed by atoms with van der Waals surface area (Å²) in [5, 5.41) is 0. The second-order valence-electron chi connectivity index (χ2n) is 3.02. The first-order valence-corrected chi connectivity index (χ1v) is 4.34. The van der Waals surface area contributed by atoms with E-state index in [1.165, 1.54) is 25.7 Å². The minimum Gasteiger partial charge on any atom is -0.211 e. The van der Waals surface area contributed by atoms with Gasteiger partial charge in [0.2, 0.25) is 6.08 Å². The van der Waals surface area contributed by atoms with Crippen molar-refractivity contribution in [3.8, 4) is 0 Å². The van der Waals surface area contributed by atoms with Gasteiger partial charge in [0.25, 0.3) is 0 Å². The highest BCUT2D eigenvalue weighted by Crippen LogP contribution is 2.17. The number of nitrogens with zero attached hydrogens (tertiary/aromatic N) is 1. The molecule has 0 bridgehead atoms. The Balaban J connectivity index is 0. The zero-order valence-electron chi connectivity index (χ0n) is 8.17. The molecular formula is C11H18NO. The molecule has 0 heterocycles. The molecule has 5 radical (unpaired) electrons. The van der Waals surface area contributed by atoms with Crippen molar-refractivity contribution < 1.29 is 4.79 Å². The van der Waals surface area contributed by atoms with Crippen LogP contribution in [0.15, 0.2) is 4.99 Å². The number of hydrogen-bond acceptors (Lipinski definition) is 2. The van der Waals surface area contributed by atoms with Crippen LogP contribution in [0.4, 0.5) is 0 Å². The van der Waals surface area contributed by atoms with Crippen molar-refractivity contribution in [1.29, 1.82) is 0 Å². The number of isocyanates is 1. The second kappa shape index (κ2) is 9.47. The van der Waals surface area contributed by atoms with Gasteiger partial charge in [-0.25, -0.2) is 9.79 Å². The molecular weight excluding hydrogens is 162 g/mol. The molecule has 13 heavy (non-hydrogen) atoms. The first-order chi connectivity index (χ1) is 5.43. The zero-order chi connectivity index (χ0) is 7.94. The molecule has 1 unspecified atom stereocenters.